The van der Waals surface area contributed by atoms with Crippen LogP contribution in [0.3, 0.4) is 0 Å². The van der Waals surface area contributed by atoms with Gasteiger partial charge >= 0.3 is 0 Å². The van der Waals surface area contributed by atoms with Crippen molar-refractivity contribution < 1.29 is 0 Å². The van der Waals surface area contributed by atoms with Gasteiger partial charge in [-0.2, -0.15) is 0 Å². The van der Waals surface area contributed by atoms with E-state index in [1.807, 2.05) is 11.3 Å². The molecular formula is C48H30S. The summed E-state index contributed by atoms with van der Waals surface area (Å²) in [6.07, 6.45) is 2.60. The van der Waals surface area contributed by atoms with Crippen molar-refractivity contribution in [1.29, 1.82) is 0 Å². The van der Waals surface area contributed by atoms with E-state index in [0.717, 1.165) is 0 Å². The molecule has 49 heavy (non-hydrogen) atoms. The van der Waals surface area contributed by atoms with Gasteiger partial charge in [0.25, 0.3) is 0 Å². The molecule has 1 aromatic heterocycles. The van der Waals surface area contributed by atoms with Crippen LogP contribution >= 0.6 is 11.3 Å². The monoisotopic (exact) mass is 638 g/mol. The third kappa shape index (κ3) is 3.48. The molecule has 2 atom stereocenters. The van der Waals surface area contributed by atoms with E-state index in [2.05, 4.69) is 146 Å². The van der Waals surface area contributed by atoms with Gasteiger partial charge in [0.05, 0.1) is 0 Å². The van der Waals surface area contributed by atoms with Crippen molar-refractivity contribution >= 4 is 85.4 Å². The Morgan fingerprint density at radius 3 is 1.67 bits per heavy atom. The first-order valence-electron chi connectivity index (χ1n) is 17.6. The highest BCUT2D eigenvalue weighted by Crippen LogP contribution is 2.58. The molecule has 0 N–H and O–H groups in total. The van der Waals surface area contributed by atoms with Crippen molar-refractivity contribution in [3.63, 3.8) is 0 Å². The van der Waals surface area contributed by atoms with E-state index < -0.39 is 0 Å². The zero-order valence-corrected chi connectivity index (χ0v) is 27.7. The van der Waals surface area contributed by atoms with Crippen LogP contribution in [0.4, 0.5) is 0 Å². The van der Waals surface area contributed by atoms with Crippen LogP contribution in [-0.2, 0) is 0 Å². The van der Waals surface area contributed by atoms with Gasteiger partial charge in [-0.1, -0.05) is 115 Å². The van der Waals surface area contributed by atoms with Gasteiger partial charge in [-0.25, -0.2) is 0 Å². The standard InChI is InChI=1S/C48H30S/c1-2-10-28-26-44-41(23-27(28)9-1)40-24-30(19-22-43(40)49-44)45-35-12-3-5-14-37(35)47(38-15-6-4-13-36(38)45)42-25-29-11-7-16-33-31-20-21-32(31)34-17-8-18-39(42)48(34)46(29)33/h1-19,22-26,31-32H,20-21H2/t31-,32?/m0/s1. The highest BCUT2D eigenvalue weighted by Gasteiger charge is 2.39. The summed E-state index contributed by atoms with van der Waals surface area (Å²) >= 11 is 1.90. The van der Waals surface area contributed by atoms with Gasteiger partial charge in [-0.15, -0.1) is 11.3 Å². The molecule has 1 unspecified atom stereocenters. The van der Waals surface area contributed by atoms with Crippen LogP contribution in [0.5, 0.6) is 0 Å². The molecule has 228 valence electrons. The summed E-state index contributed by atoms with van der Waals surface area (Å²) in [4.78, 5) is 0. The first-order chi connectivity index (χ1) is 24.3. The van der Waals surface area contributed by atoms with Crippen LogP contribution in [0.25, 0.3) is 96.3 Å². The van der Waals surface area contributed by atoms with Crippen LogP contribution in [0.2, 0.25) is 0 Å². The average molecular weight is 639 g/mol. The van der Waals surface area contributed by atoms with Crippen LogP contribution in [0.1, 0.15) is 35.8 Å². The summed E-state index contributed by atoms with van der Waals surface area (Å²) in [6.45, 7) is 0. The number of hydrogen-bond acceptors (Lipinski definition) is 1. The fourth-order valence-electron chi connectivity index (χ4n) is 9.72. The maximum Gasteiger partial charge on any atom is 0.0361 e. The minimum Gasteiger partial charge on any atom is -0.135 e. The topological polar surface area (TPSA) is 0 Å². The lowest BCUT2D eigenvalue weighted by Crippen LogP contribution is -2.25. The summed E-state index contributed by atoms with van der Waals surface area (Å²) in [5.41, 5.74) is 8.43. The van der Waals surface area contributed by atoms with Crippen molar-refractivity contribution in [1.82, 2.24) is 0 Å². The second kappa shape index (κ2) is 9.56. The molecule has 0 spiro atoms. The Morgan fingerprint density at radius 2 is 0.959 bits per heavy atom. The number of fused-ring (bicyclic) bond motifs is 9. The largest absolute Gasteiger partial charge is 0.135 e. The molecule has 0 nitrogen and oxygen atoms in total. The Balaban J connectivity index is 1.18. The lowest BCUT2D eigenvalue weighted by atomic mass is 9.61. The first-order valence-corrected chi connectivity index (χ1v) is 18.4. The summed E-state index contributed by atoms with van der Waals surface area (Å²) in [5, 5.41) is 16.3. The second-order valence-electron chi connectivity index (χ2n) is 14.3. The van der Waals surface area contributed by atoms with E-state index in [1.165, 1.54) is 109 Å². The summed E-state index contributed by atoms with van der Waals surface area (Å²) in [6, 6.07) is 55.6. The molecule has 9 aromatic carbocycles. The molecule has 0 amide bonds. The molecule has 0 aliphatic heterocycles. The molecule has 2 aliphatic rings. The zero-order valence-electron chi connectivity index (χ0n) is 26.8. The molecular weight excluding hydrogens is 609 g/mol. The first kappa shape index (κ1) is 26.5. The van der Waals surface area contributed by atoms with E-state index >= 15 is 0 Å². The minimum absolute atomic E-state index is 0.647. The maximum atomic E-state index is 2.51. The summed E-state index contributed by atoms with van der Waals surface area (Å²) < 4.78 is 2.69. The normalized spacial score (nSPS) is 16.8. The molecule has 1 heteroatoms. The van der Waals surface area contributed by atoms with Gasteiger partial charge in [0, 0.05) is 20.2 Å². The average Bonchev–Trinajstić information content (AvgIpc) is 3.48. The van der Waals surface area contributed by atoms with Gasteiger partial charge in [-0.3, -0.25) is 0 Å². The predicted octanol–water partition coefficient (Wildman–Crippen LogP) is 14.1. The smallest absolute Gasteiger partial charge is 0.0361 e. The third-order valence-electron chi connectivity index (χ3n) is 12.0. The summed E-state index contributed by atoms with van der Waals surface area (Å²) in [7, 11) is 0. The minimum atomic E-state index is 0.647. The number of rotatable bonds is 2. The molecule has 10 aromatic rings. The lowest BCUT2D eigenvalue weighted by Gasteiger charge is -2.42. The van der Waals surface area contributed by atoms with Gasteiger partial charge in [-0.05, 0) is 142 Å². The van der Waals surface area contributed by atoms with E-state index in [4.69, 9.17) is 0 Å². The highest BCUT2D eigenvalue weighted by molar-refractivity contribution is 7.25. The fraction of sp³-hybridized carbons (Fsp3) is 0.0833. The van der Waals surface area contributed by atoms with Crippen LogP contribution < -0.4 is 0 Å². The third-order valence-corrected chi connectivity index (χ3v) is 13.1. The Kier molecular flexibility index (Phi) is 5.16. The molecule has 1 saturated carbocycles. The maximum absolute atomic E-state index is 2.51. The highest BCUT2D eigenvalue weighted by atomic mass is 32.1. The molecule has 1 heterocycles. The quantitative estimate of drug-likeness (QED) is 0.131. The van der Waals surface area contributed by atoms with Gasteiger partial charge < -0.3 is 0 Å². The number of hydrogen-bond donors (Lipinski definition) is 0. The van der Waals surface area contributed by atoms with E-state index in [0.29, 0.717) is 11.8 Å². The summed E-state index contributed by atoms with van der Waals surface area (Å²) in [5.74, 6) is 1.32. The number of benzene rings is 9. The van der Waals surface area contributed by atoms with Crippen molar-refractivity contribution in [3.05, 3.63) is 157 Å². The second-order valence-corrected chi connectivity index (χ2v) is 15.4. The predicted molar refractivity (Wildman–Crippen MR) is 212 cm³/mol. The zero-order chi connectivity index (χ0) is 31.8. The lowest BCUT2D eigenvalue weighted by molar-refractivity contribution is 0.348. The van der Waals surface area contributed by atoms with E-state index in [-0.39, 0.29) is 0 Å². The Hall–Kier alpha value is -5.50. The van der Waals surface area contributed by atoms with E-state index in [9.17, 15) is 0 Å². The van der Waals surface area contributed by atoms with Crippen LogP contribution in [-0.4, -0.2) is 0 Å². The van der Waals surface area contributed by atoms with E-state index in [1.54, 1.807) is 11.1 Å². The van der Waals surface area contributed by atoms with Crippen molar-refractivity contribution in [2.24, 2.45) is 0 Å². The van der Waals surface area contributed by atoms with Crippen LogP contribution in [0.15, 0.2) is 146 Å². The molecule has 0 radical (unpaired) electrons. The SMILES string of the molecule is c1ccc2cc3c(cc2c1)sc1ccc(-c2c4ccccc4c(-c4cc5cccc6c5c5c(cccc45)C4CC[C@H]64)c4ccccc24)cc13. The van der Waals surface area contributed by atoms with Crippen LogP contribution in [0, 0.1) is 0 Å². The Morgan fingerprint density at radius 1 is 0.388 bits per heavy atom. The Labute approximate surface area is 287 Å². The Bertz CT molecular complexity index is 3010. The molecule has 2 aliphatic carbocycles. The fourth-order valence-corrected chi connectivity index (χ4v) is 10.8. The van der Waals surface area contributed by atoms with Crippen molar-refractivity contribution in [2.45, 2.75) is 24.7 Å². The van der Waals surface area contributed by atoms with Gasteiger partial charge in [0.2, 0.25) is 0 Å². The molecule has 0 bridgehead atoms. The molecule has 0 saturated heterocycles. The molecule has 12 rings (SSSR count). The van der Waals surface area contributed by atoms with Crippen molar-refractivity contribution in [2.75, 3.05) is 0 Å². The van der Waals surface area contributed by atoms with Gasteiger partial charge in [0.15, 0.2) is 0 Å². The van der Waals surface area contributed by atoms with Crippen molar-refractivity contribution in [3.8, 4) is 22.3 Å². The van der Waals surface area contributed by atoms with Gasteiger partial charge in [0.1, 0.15) is 0 Å². The molecule has 1 fully saturated rings. The number of thiophene rings is 1.